The molecule has 3 nitrogen and oxygen atoms in total. The van der Waals surface area contributed by atoms with Gasteiger partial charge in [-0.25, -0.2) is 0 Å². The van der Waals surface area contributed by atoms with Gasteiger partial charge in [0.1, 0.15) is 11.8 Å². The number of nitriles is 1. The molecule has 1 fully saturated rings. The molecule has 108 valence electrons. The zero-order valence-corrected chi connectivity index (χ0v) is 13.0. The van der Waals surface area contributed by atoms with Crippen LogP contribution >= 0.6 is 11.8 Å². The van der Waals surface area contributed by atoms with Crippen LogP contribution in [0.25, 0.3) is 0 Å². The summed E-state index contributed by atoms with van der Waals surface area (Å²) in [7, 11) is 1.61. The Morgan fingerprint density at radius 2 is 2.30 bits per heavy atom. The molecular formula is C16H22N2OS. The maximum Gasteiger partial charge on any atom is 0.136 e. The van der Waals surface area contributed by atoms with Crippen LogP contribution in [0.15, 0.2) is 18.2 Å². The largest absolute Gasteiger partial charge is 0.495 e. The minimum atomic E-state index is 0.594. The monoisotopic (exact) mass is 290 g/mol. The van der Waals surface area contributed by atoms with Crippen molar-refractivity contribution < 1.29 is 4.74 Å². The van der Waals surface area contributed by atoms with Crippen LogP contribution in [0.5, 0.6) is 5.75 Å². The molecule has 0 saturated heterocycles. The van der Waals surface area contributed by atoms with Gasteiger partial charge in [0.05, 0.1) is 12.7 Å². The van der Waals surface area contributed by atoms with E-state index in [0.29, 0.717) is 17.4 Å². The van der Waals surface area contributed by atoms with Crippen molar-refractivity contribution in [1.82, 2.24) is 5.32 Å². The number of hydrogen-bond donors (Lipinski definition) is 1. The number of hydrogen-bond acceptors (Lipinski definition) is 4. The number of rotatable bonds is 6. The summed E-state index contributed by atoms with van der Waals surface area (Å²) in [5, 5.41) is 13.4. The SMILES string of the molecule is CCSC1CCCC1NCc1ccc(C#N)c(OC)c1. The van der Waals surface area contributed by atoms with E-state index in [2.05, 4.69) is 30.1 Å². The molecule has 4 heteroatoms. The lowest BCUT2D eigenvalue weighted by Gasteiger charge is -2.20. The van der Waals surface area contributed by atoms with Crippen molar-refractivity contribution in [3.05, 3.63) is 29.3 Å². The number of methoxy groups -OCH3 is 1. The number of thioether (sulfide) groups is 1. The normalized spacial score (nSPS) is 21.6. The molecule has 0 amide bonds. The third kappa shape index (κ3) is 3.68. The molecule has 1 aromatic rings. The van der Waals surface area contributed by atoms with E-state index in [-0.39, 0.29) is 0 Å². The summed E-state index contributed by atoms with van der Waals surface area (Å²) in [6.07, 6.45) is 3.92. The van der Waals surface area contributed by atoms with Gasteiger partial charge in [-0.15, -0.1) is 0 Å². The van der Waals surface area contributed by atoms with E-state index in [1.165, 1.54) is 30.6 Å². The van der Waals surface area contributed by atoms with Gasteiger partial charge in [-0.2, -0.15) is 17.0 Å². The van der Waals surface area contributed by atoms with Gasteiger partial charge >= 0.3 is 0 Å². The molecule has 1 aliphatic carbocycles. The lowest BCUT2D eigenvalue weighted by Crippen LogP contribution is -2.33. The summed E-state index contributed by atoms with van der Waals surface area (Å²) in [6.45, 7) is 3.07. The third-order valence-corrected chi connectivity index (χ3v) is 5.11. The molecular weight excluding hydrogens is 268 g/mol. The molecule has 0 spiro atoms. The van der Waals surface area contributed by atoms with Crippen LogP contribution in [0.4, 0.5) is 0 Å². The van der Waals surface area contributed by atoms with Crippen molar-refractivity contribution in [1.29, 1.82) is 5.26 Å². The van der Waals surface area contributed by atoms with Crippen LogP contribution < -0.4 is 10.1 Å². The Bertz CT molecular complexity index is 484. The van der Waals surface area contributed by atoms with Crippen LogP contribution in [0.3, 0.4) is 0 Å². The summed E-state index contributed by atoms with van der Waals surface area (Å²) in [5.41, 5.74) is 1.77. The number of benzene rings is 1. The zero-order chi connectivity index (χ0) is 14.4. The Morgan fingerprint density at radius 3 is 3.00 bits per heavy atom. The van der Waals surface area contributed by atoms with Crippen LogP contribution in [0.2, 0.25) is 0 Å². The van der Waals surface area contributed by atoms with Crippen molar-refractivity contribution in [2.24, 2.45) is 0 Å². The van der Waals surface area contributed by atoms with Gasteiger partial charge in [0.2, 0.25) is 0 Å². The van der Waals surface area contributed by atoms with Crippen LogP contribution in [-0.2, 0) is 6.54 Å². The second-order valence-electron chi connectivity index (χ2n) is 5.06. The van der Waals surface area contributed by atoms with Gasteiger partial charge in [-0.05, 0) is 36.3 Å². The Labute approximate surface area is 125 Å². The Hall–Kier alpha value is -1.18. The molecule has 2 unspecified atom stereocenters. The molecule has 1 aliphatic rings. The van der Waals surface area contributed by atoms with Crippen molar-refractivity contribution in [2.75, 3.05) is 12.9 Å². The summed E-state index contributed by atoms with van der Waals surface area (Å²) in [6, 6.07) is 8.56. The van der Waals surface area contributed by atoms with Crippen LogP contribution in [-0.4, -0.2) is 24.2 Å². The molecule has 2 atom stereocenters. The fourth-order valence-electron chi connectivity index (χ4n) is 2.76. The van der Waals surface area contributed by atoms with Crippen molar-refractivity contribution >= 4 is 11.8 Å². The minimum absolute atomic E-state index is 0.594. The average Bonchev–Trinajstić information content (AvgIpc) is 2.92. The Morgan fingerprint density at radius 1 is 1.45 bits per heavy atom. The maximum atomic E-state index is 8.99. The lowest BCUT2D eigenvalue weighted by atomic mass is 10.1. The summed E-state index contributed by atoms with van der Waals surface area (Å²) >= 11 is 2.07. The molecule has 20 heavy (non-hydrogen) atoms. The standard InChI is InChI=1S/C16H22N2OS/c1-3-20-16-6-4-5-14(16)18-11-12-7-8-13(10-17)15(9-12)19-2/h7-9,14,16,18H,3-6,11H2,1-2H3. The first-order valence-electron chi connectivity index (χ1n) is 7.20. The van der Waals surface area contributed by atoms with Gasteiger partial charge < -0.3 is 10.1 Å². The first-order chi connectivity index (χ1) is 9.78. The smallest absolute Gasteiger partial charge is 0.136 e. The second-order valence-corrected chi connectivity index (χ2v) is 6.57. The lowest BCUT2D eigenvalue weighted by molar-refractivity contribution is 0.412. The van der Waals surface area contributed by atoms with E-state index in [1.54, 1.807) is 7.11 Å². The second kappa shape index (κ2) is 7.56. The van der Waals surface area contributed by atoms with Crippen LogP contribution in [0, 0.1) is 11.3 Å². The first-order valence-corrected chi connectivity index (χ1v) is 8.25. The van der Waals surface area contributed by atoms with E-state index in [1.807, 2.05) is 18.2 Å². The van der Waals surface area contributed by atoms with E-state index in [9.17, 15) is 0 Å². The molecule has 0 aliphatic heterocycles. The fourth-order valence-corrected chi connectivity index (χ4v) is 3.99. The maximum absolute atomic E-state index is 8.99. The Kier molecular flexibility index (Phi) is 5.75. The molecule has 1 N–H and O–H groups in total. The predicted octanol–water partition coefficient (Wildman–Crippen LogP) is 3.33. The van der Waals surface area contributed by atoms with Gasteiger partial charge in [0.15, 0.2) is 0 Å². The van der Waals surface area contributed by atoms with Gasteiger partial charge in [-0.1, -0.05) is 19.4 Å². The number of nitrogens with one attached hydrogen (secondary N) is 1. The molecule has 0 radical (unpaired) electrons. The summed E-state index contributed by atoms with van der Waals surface area (Å²) in [5.74, 6) is 1.85. The fraction of sp³-hybridized carbons (Fsp3) is 0.562. The summed E-state index contributed by atoms with van der Waals surface area (Å²) < 4.78 is 5.25. The van der Waals surface area contributed by atoms with E-state index in [4.69, 9.17) is 10.00 Å². The predicted molar refractivity (Wildman–Crippen MR) is 84.1 cm³/mol. The van der Waals surface area contributed by atoms with Crippen molar-refractivity contribution in [3.8, 4) is 11.8 Å². The first kappa shape index (κ1) is 15.2. The number of nitrogens with zero attached hydrogens (tertiary/aromatic N) is 1. The average molecular weight is 290 g/mol. The third-order valence-electron chi connectivity index (χ3n) is 3.79. The van der Waals surface area contributed by atoms with Gasteiger partial charge in [0.25, 0.3) is 0 Å². The number of ether oxygens (including phenoxy) is 1. The van der Waals surface area contributed by atoms with Gasteiger partial charge in [0, 0.05) is 17.8 Å². The highest BCUT2D eigenvalue weighted by molar-refractivity contribution is 7.99. The topological polar surface area (TPSA) is 45.0 Å². The molecule has 0 heterocycles. The molecule has 1 aromatic carbocycles. The van der Waals surface area contributed by atoms with Crippen molar-refractivity contribution in [2.45, 2.75) is 44.0 Å². The highest BCUT2D eigenvalue weighted by atomic mass is 32.2. The van der Waals surface area contributed by atoms with Crippen molar-refractivity contribution in [3.63, 3.8) is 0 Å². The minimum Gasteiger partial charge on any atom is -0.495 e. The van der Waals surface area contributed by atoms with E-state index < -0.39 is 0 Å². The molecule has 2 rings (SSSR count). The quantitative estimate of drug-likeness (QED) is 0.873. The van der Waals surface area contributed by atoms with E-state index >= 15 is 0 Å². The van der Waals surface area contributed by atoms with Crippen LogP contribution in [0.1, 0.15) is 37.3 Å². The van der Waals surface area contributed by atoms with Gasteiger partial charge in [-0.3, -0.25) is 0 Å². The molecule has 1 saturated carbocycles. The Balaban J connectivity index is 1.95. The molecule has 0 bridgehead atoms. The summed E-state index contributed by atoms with van der Waals surface area (Å²) in [4.78, 5) is 0. The highest BCUT2D eigenvalue weighted by Crippen LogP contribution is 2.30. The molecule has 0 aromatic heterocycles. The van der Waals surface area contributed by atoms with E-state index in [0.717, 1.165) is 11.8 Å². The highest BCUT2D eigenvalue weighted by Gasteiger charge is 2.26. The zero-order valence-electron chi connectivity index (χ0n) is 12.2.